The zero-order chi connectivity index (χ0) is 24.1. The molecule has 34 heavy (non-hydrogen) atoms. The lowest BCUT2D eigenvalue weighted by atomic mass is 10.1. The summed E-state index contributed by atoms with van der Waals surface area (Å²) < 4.78 is 6.94. The summed E-state index contributed by atoms with van der Waals surface area (Å²) in [7, 11) is 1.62. The van der Waals surface area contributed by atoms with Gasteiger partial charge in [-0.25, -0.2) is 0 Å². The lowest BCUT2D eigenvalue weighted by Gasteiger charge is -2.34. The van der Waals surface area contributed by atoms with Gasteiger partial charge in [0.25, 0.3) is 11.5 Å². The van der Waals surface area contributed by atoms with E-state index in [4.69, 9.17) is 22.2 Å². The number of nitrogens with one attached hydrogen (secondary N) is 1. The summed E-state index contributed by atoms with van der Waals surface area (Å²) in [6, 6.07) is 14.9. The third-order valence-corrected chi connectivity index (χ3v) is 6.43. The summed E-state index contributed by atoms with van der Waals surface area (Å²) in [6.07, 6.45) is 0.688. The number of methoxy groups -OCH3 is 1. The Balaban J connectivity index is 1.42. The molecular formula is C25H27N5O3S. The van der Waals surface area contributed by atoms with Crippen molar-refractivity contribution in [3.05, 3.63) is 74.3 Å². The van der Waals surface area contributed by atoms with E-state index in [1.165, 1.54) is 4.57 Å². The van der Waals surface area contributed by atoms with E-state index in [9.17, 15) is 9.59 Å². The summed E-state index contributed by atoms with van der Waals surface area (Å²) in [5.74, 6) is -0.0523. The third-order valence-electron chi connectivity index (χ3n) is 6.11. The van der Waals surface area contributed by atoms with Gasteiger partial charge in [0.05, 0.1) is 22.5 Å². The molecule has 0 bridgehead atoms. The van der Waals surface area contributed by atoms with Crippen molar-refractivity contribution >= 4 is 29.0 Å². The average Bonchev–Trinajstić information content (AvgIpc) is 2.86. The van der Waals surface area contributed by atoms with Crippen LogP contribution in [0, 0.1) is 16.1 Å². The van der Waals surface area contributed by atoms with Crippen LogP contribution >= 0.6 is 12.2 Å². The van der Waals surface area contributed by atoms with Gasteiger partial charge in [-0.05, 0) is 54.5 Å². The molecule has 0 unspecified atom stereocenters. The second kappa shape index (κ2) is 10.7. The van der Waals surface area contributed by atoms with Crippen molar-refractivity contribution < 1.29 is 9.53 Å². The van der Waals surface area contributed by atoms with Crippen LogP contribution in [0.15, 0.2) is 47.3 Å². The van der Waals surface area contributed by atoms with Crippen molar-refractivity contribution in [3.63, 3.8) is 0 Å². The molecular weight excluding hydrogens is 450 g/mol. The number of nitriles is 1. The zero-order valence-corrected chi connectivity index (χ0v) is 19.9. The van der Waals surface area contributed by atoms with E-state index < -0.39 is 0 Å². The number of benzene rings is 2. The predicted molar refractivity (Wildman–Crippen MR) is 132 cm³/mol. The first kappa shape index (κ1) is 23.8. The van der Waals surface area contributed by atoms with Crippen LogP contribution in [0.3, 0.4) is 0 Å². The molecule has 176 valence electrons. The Morgan fingerprint density at radius 3 is 2.56 bits per heavy atom. The van der Waals surface area contributed by atoms with Crippen LogP contribution in [-0.2, 0) is 17.8 Å². The normalized spacial score (nSPS) is 14.3. The number of H-pyrrole nitrogens is 1. The Morgan fingerprint density at radius 1 is 1.15 bits per heavy atom. The number of fused-ring (bicyclic) bond motifs is 1. The van der Waals surface area contributed by atoms with Gasteiger partial charge in [-0.15, -0.1) is 0 Å². The number of aromatic nitrogens is 2. The molecule has 0 atom stereocenters. The maximum Gasteiger partial charge on any atom is 0.262 e. The number of piperazine rings is 1. The topological polar surface area (TPSA) is 94.4 Å². The lowest BCUT2D eigenvalue weighted by Crippen LogP contribution is -2.48. The number of hydrogen-bond donors (Lipinski definition) is 1. The van der Waals surface area contributed by atoms with E-state index >= 15 is 0 Å². The monoisotopic (exact) mass is 477 g/mol. The molecule has 2 aromatic carbocycles. The van der Waals surface area contributed by atoms with Crippen LogP contribution in [0.4, 0.5) is 0 Å². The molecule has 1 aliphatic rings. The van der Waals surface area contributed by atoms with Crippen molar-refractivity contribution in [2.75, 3.05) is 39.9 Å². The third kappa shape index (κ3) is 5.25. The highest BCUT2D eigenvalue weighted by Crippen LogP contribution is 2.16. The molecule has 4 rings (SSSR count). The Hall–Kier alpha value is -3.32. The molecule has 8 nitrogen and oxygen atoms in total. The molecule has 3 aromatic rings. The number of ether oxygens (including phenoxy) is 1. The van der Waals surface area contributed by atoms with Crippen LogP contribution in [0.1, 0.15) is 27.9 Å². The van der Waals surface area contributed by atoms with E-state index in [1.54, 1.807) is 25.3 Å². The first-order valence-electron chi connectivity index (χ1n) is 11.3. The number of rotatable bonds is 7. The van der Waals surface area contributed by atoms with Crippen LogP contribution < -0.4 is 5.56 Å². The number of hydrogen-bond acceptors (Lipinski definition) is 6. The first-order chi connectivity index (χ1) is 16.5. The van der Waals surface area contributed by atoms with Gasteiger partial charge in [-0.1, -0.05) is 12.1 Å². The number of amides is 1. The highest BCUT2D eigenvalue weighted by atomic mass is 32.1. The fourth-order valence-corrected chi connectivity index (χ4v) is 4.48. The molecule has 0 radical (unpaired) electrons. The number of carbonyl (C=O) groups is 1. The molecule has 0 saturated carbocycles. The minimum atomic E-state index is -0.162. The lowest BCUT2D eigenvalue weighted by molar-refractivity contribution is 0.0628. The van der Waals surface area contributed by atoms with Crippen molar-refractivity contribution in [2.45, 2.75) is 19.5 Å². The van der Waals surface area contributed by atoms with E-state index in [0.29, 0.717) is 59.5 Å². The summed E-state index contributed by atoms with van der Waals surface area (Å²) in [4.78, 5) is 33.2. The molecule has 1 fully saturated rings. The van der Waals surface area contributed by atoms with Crippen LogP contribution in [0.25, 0.3) is 10.9 Å². The number of nitrogens with zero attached hydrogens (tertiary/aromatic N) is 4. The fraction of sp³-hybridized carbons (Fsp3) is 0.360. The SMILES string of the molecule is COCCCn1c(=S)[nH]c2cc(C(=O)N3CCN(Cc4ccc(C#N)cc4)CC3)ccc2c1=O. The van der Waals surface area contributed by atoms with E-state index in [-0.39, 0.29) is 11.5 Å². The predicted octanol–water partition coefficient (Wildman–Crippen LogP) is 2.93. The highest BCUT2D eigenvalue weighted by Gasteiger charge is 2.22. The molecule has 1 N–H and O–H groups in total. The summed E-state index contributed by atoms with van der Waals surface area (Å²) in [5, 5.41) is 9.45. The minimum absolute atomic E-state index is 0.0523. The fourth-order valence-electron chi connectivity index (χ4n) is 4.19. The molecule has 1 aromatic heterocycles. The maximum atomic E-state index is 13.1. The Kier molecular flexibility index (Phi) is 7.53. The minimum Gasteiger partial charge on any atom is -0.385 e. The second-order valence-corrected chi connectivity index (χ2v) is 8.76. The van der Waals surface area contributed by atoms with Crippen molar-refractivity contribution in [1.82, 2.24) is 19.4 Å². The van der Waals surface area contributed by atoms with Crippen LogP contribution in [-0.4, -0.2) is 65.2 Å². The van der Waals surface area contributed by atoms with Crippen LogP contribution in [0.2, 0.25) is 0 Å². The van der Waals surface area contributed by atoms with Gasteiger partial charge in [0, 0.05) is 58.5 Å². The molecule has 0 aliphatic carbocycles. The molecule has 9 heteroatoms. The Bertz CT molecular complexity index is 1330. The number of aromatic amines is 1. The maximum absolute atomic E-state index is 13.1. The zero-order valence-electron chi connectivity index (χ0n) is 19.1. The molecule has 1 saturated heterocycles. The molecule has 1 aliphatic heterocycles. The average molecular weight is 478 g/mol. The summed E-state index contributed by atoms with van der Waals surface area (Å²) >= 11 is 5.38. The molecule has 1 amide bonds. The standard InChI is InChI=1S/C25H27N5O3S/c1-33-14-2-9-30-24(32)21-8-7-20(15-22(21)27-25(30)34)23(31)29-12-10-28(11-13-29)17-19-5-3-18(16-26)4-6-19/h3-8,15H,2,9-14,17H2,1H3,(H,27,34). The Labute approximate surface area is 203 Å². The highest BCUT2D eigenvalue weighted by molar-refractivity contribution is 7.71. The molecule has 0 spiro atoms. The quantitative estimate of drug-likeness (QED) is 0.415. The number of carbonyl (C=O) groups excluding carboxylic acids is 1. The van der Waals surface area contributed by atoms with Gasteiger partial charge in [0.1, 0.15) is 0 Å². The van der Waals surface area contributed by atoms with Gasteiger partial charge < -0.3 is 14.6 Å². The van der Waals surface area contributed by atoms with Gasteiger partial charge >= 0.3 is 0 Å². The van der Waals surface area contributed by atoms with E-state index in [0.717, 1.165) is 25.2 Å². The smallest absolute Gasteiger partial charge is 0.262 e. The van der Waals surface area contributed by atoms with E-state index in [1.807, 2.05) is 29.2 Å². The van der Waals surface area contributed by atoms with Crippen LogP contribution in [0.5, 0.6) is 0 Å². The van der Waals surface area contributed by atoms with Crippen molar-refractivity contribution in [2.24, 2.45) is 0 Å². The second-order valence-electron chi connectivity index (χ2n) is 8.37. The van der Waals surface area contributed by atoms with Crippen molar-refractivity contribution in [3.8, 4) is 6.07 Å². The van der Waals surface area contributed by atoms with Crippen molar-refractivity contribution in [1.29, 1.82) is 5.26 Å². The van der Waals surface area contributed by atoms with Gasteiger partial charge in [-0.2, -0.15) is 5.26 Å². The van der Waals surface area contributed by atoms with Gasteiger partial charge in [-0.3, -0.25) is 19.1 Å². The van der Waals surface area contributed by atoms with Gasteiger partial charge in [0.15, 0.2) is 4.77 Å². The summed E-state index contributed by atoms with van der Waals surface area (Å²) in [6.45, 7) is 4.62. The first-order valence-corrected chi connectivity index (χ1v) is 11.7. The summed E-state index contributed by atoms with van der Waals surface area (Å²) in [5.41, 5.74) is 2.75. The molecule has 2 heterocycles. The Morgan fingerprint density at radius 2 is 1.88 bits per heavy atom. The van der Waals surface area contributed by atoms with Gasteiger partial charge in [0.2, 0.25) is 0 Å². The van der Waals surface area contributed by atoms with E-state index in [2.05, 4.69) is 16.0 Å². The largest absolute Gasteiger partial charge is 0.385 e.